The van der Waals surface area contributed by atoms with Crippen LogP contribution in [0.1, 0.15) is 16.1 Å². The first-order valence-corrected chi connectivity index (χ1v) is 9.90. The highest BCUT2D eigenvalue weighted by atomic mass is 32.1. The van der Waals surface area contributed by atoms with Crippen LogP contribution in [0.15, 0.2) is 59.4 Å². The normalized spacial score (nSPS) is 10.7. The summed E-state index contributed by atoms with van der Waals surface area (Å²) < 4.78 is 13.1. The van der Waals surface area contributed by atoms with E-state index in [1.165, 1.54) is 34.8 Å². The van der Waals surface area contributed by atoms with Crippen LogP contribution in [0, 0.1) is 12.7 Å². The van der Waals surface area contributed by atoms with Gasteiger partial charge < -0.3 is 5.32 Å². The van der Waals surface area contributed by atoms with Crippen molar-refractivity contribution in [2.24, 2.45) is 0 Å². The fourth-order valence-electron chi connectivity index (χ4n) is 2.63. The van der Waals surface area contributed by atoms with Gasteiger partial charge >= 0.3 is 0 Å². The maximum Gasteiger partial charge on any atom is 0.275 e. The average molecular weight is 395 g/mol. The average Bonchev–Trinajstić information content (AvgIpc) is 3.32. The maximum atomic E-state index is 13.1. The molecule has 2 aromatic heterocycles. The Morgan fingerprint density at radius 1 is 1.07 bits per heavy atom. The number of nitrogens with one attached hydrogen (secondary N) is 1. The van der Waals surface area contributed by atoms with Gasteiger partial charge in [0.15, 0.2) is 0 Å². The summed E-state index contributed by atoms with van der Waals surface area (Å²) >= 11 is 2.75. The minimum atomic E-state index is -0.314. The summed E-state index contributed by atoms with van der Waals surface area (Å²) in [5.74, 6) is -0.607. The van der Waals surface area contributed by atoms with Crippen molar-refractivity contribution >= 4 is 33.6 Å². The van der Waals surface area contributed by atoms with Gasteiger partial charge in [0, 0.05) is 16.5 Å². The van der Waals surface area contributed by atoms with Crippen molar-refractivity contribution in [2.75, 3.05) is 5.32 Å². The number of hydrogen-bond donors (Lipinski definition) is 1. The Bertz CT molecular complexity index is 1100. The maximum absolute atomic E-state index is 13.1. The lowest BCUT2D eigenvalue weighted by atomic mass is 10.1. The van der Waals surface area contributed by atoms with Gasteiger partial charge in [-0.3, -0.25) is 4.79 Å². The number of halogens is 1. The summed E-state index contributed by atoms with van der Waals surface area (Å²) in [6.07, 6.45) is 0. The third-order valence-corrected chi connectivity index (χ3v) is 5.64. The van der Waals surface area contributed by atoms with Crippen LogP contribution in [-0.2, 0) is 0 Å². The molecule has 0 atom stereocenters. The Labute approximate surface area is 163 Å². The summed E-state index contributed by atoms with van der Waals surface area (Å²) in [6.45, 7) is 2.02. The summed E-state index contributed by atoms with van der Waals surface area (Å²) in [6, 6.07) is 14.0. The van der Waals surface area contributed by atoms with Crippen LogP contribution in [0.2, 0.25) is 0 Å². The molecule has 134 valence electrons. The van der Waals surface area contributed by atoms with E-state index < -0.39 is 0 Å². The molecule has 0 aliphatic heterocycles. The second kappa shape index (κ2) is 7.38. The van der Waals surface area contributed by atoms with Crippen molar-refractivity contribution in [3.8, 4) is 21.8 Å². The predicted molar refractivity (Wildman–Crippen MR) is 108 cm³/mol. The second-order valence-electron chi connectivity index (χ2n) is 5.84. The van der Waals surface area contributed by atoms with Crippen molar-refractivity contribution in [1.82, 2.24) is 9.97 Å². The predicted octanol–water partition coefficient (Wildman–Crippen LogP) is 5.63. The number of carbonyl (C=O) groups is 1. The number of hydrogen-bond acceptors (Lipinski definition) is 5. The molecule has 0 aliphatic carbocycles. The first-order chi connectivity index (χ1) is 13.1. The fourth-order valence-corrected chi connectivity index (χ4v) is 4.22. The Morgan fingerprint density at radius 2 is 1.85 bits per heavy atom. The summed E-state index contributed by atoms with van der Waals surface area (Å²) in [4.78, 5) is 21.4. The van der Waals surface area contributed by atoms with E-state index in [1.807, 2.05) is 31.2 Å². The molecule has 0 saturated heterocycles. The molecule has 4 rings (SSSR count). The molecular weight excluding hydrogens is 381 g/mol. The topological polar surface area (TPSA) is 54.9 Å². The molecule has 0 bridgehead atoms. The highest BCUT2D eigenvalue weighted by molar-refractivity contribution is 7.14. The molecule has 0 radical (unpaired) electrons. The number of aryl methyl sites for hydroxylation is 1. The van der Waals surface area contributed by atoms with E-state index >= 15 is 0 Å². The molecule has 4 nitrogen and oxygen atoms in total. The summed E-state index contributed by atoms with van der Waals surface area (Å²) in [5.41, 5.74) is 5.49. The van der Waals surface area contributed by atoms with Crippen LogP contribution in [0.5, 0.6) is 0 Å². The van der Waals surface area contributed by atoms with Gasteiger partial charge in [0.05, 0.1) is 5.51 Å². The lowest BCUT2D eigenvalue weighted by molar-refractivity contribution is 0.102. The van der Waals surface area contributed by atoms with E-state index in [9.17, 15) is 9.18 Å². The van der Waals surface area contributed by atoms with Gasteiger partial charge in [-0.25, -0.2) is 14.4 Å². The Hall–Kier alpha value is -2.90. The highest BCUT2D eigenvalue weighted by Crippen LogP contribution is 2.31. The van der Waals surface area contributed by atoms with Crippen LogP contribution in [0.4, 0.5) is 9.39 Å². The zero-order valence-electron chi connectivity index (χ0n) is 14.3. The molecule has 4 aromatic rings. The number of amides is 1. The molecule has 0 unspecified atom stereocenters. The first-order valence-electron chi connectivity index (χ1n) is 8.14. The minimum Gasteiger partial charge on any atom is -0.310 e. The Kier molecular flexibility index (Phi) is 4.79. The standard InChI is InChI=1S/C20H14FN3OS2/c1-12-4-2-3-5-15(12)19-23-16(10-26-19)18(25)24-20-17(22-11-27-20)13-6-8-14(21)9-7-13/h2-11H,1H3,(H,24,25). The van der Waals surface area contributed by atoms with Crippen LogP contribution in [0.3, 0.4) is 0 Å². The molecule has 1 amide bonds. The van der Waals surface area contributed by atoms with Gasteiger partial charge in [0.2, 0.25) is 0 Å². The third kappa shape index (κ3) is 3.65. The highest BCUT2D eigenvalue weighted by Gasteiger charge is 2.16. The van der Waals surface area contributed by atoms with Crippen LogP contribution >= 0.6 is 22.7 Å². The van der Waals surface area contributed by atoms with Gasteiger partial charge in [-0.1, -0.05) is 24.3 Å². The number of thiazole rings is 2. The largest absolute Gasteiger partial charge is 0.310 e. The Morgan fingerprint density at radius 3 is 2.63 bits per heavy atom. The van der Waals surface area contributed by atoms with E-state index in [0.29, 0.717) is 16.4 Å². The molecule has 7 heteroatoms. The van der Waals surface area contributed by atoms with Crippen LogP contribution in [-0.4, -0.2) is 15.9 Å². The smallest absolute Gasteiger partial charge is 0.275 e. The van der Waals surface area contributed by atoms with Crippen molar-refractivity contribution in [3.63, 3.8) is 0 Å². The molecule has 2 heterocycles. The second-order valence-corrected chi connectivity index (χ2v) is 7.56. The van der Waals surface area contributed by atoms with Gasteiger partial charge in [-0.15, -0.1) is 22.7 Å². The van der Waals surface area contributed by atoms with Crippen LogP contribution in [0.25, 0.3) is 21.8 Å². The number of benzene rings is 2. The molecule has 0 saturated carbocycles. The van der Waals surface area contributed by atoms with E-state index in [2.05, 4.69) is 15.3 Å². The zero-order valence-corrected chi connectivity index (χ0v) is 15.9. The molecular formula is C20H14FN3OS2. The van der Waals surface area contributed by atoms with E-state index in [1.54, 1.807) is 23.0 Å². The van der Waals surface area contributed by atoms with Gasteiger partial charge in [-0.2, -0.15) is 0 Å². The molecule has 27 heavy (non-hydrogen) atoms. The van der Waals surface area contributed by atoms with Gasteiger partial charge in [0.1, 0.15) is 27.2 Å². The molecule has 2 aromatic carbocycles. The number of aromatic nitrogens is 2. The van der Waals surface area contributed by atoms with Crippen molar-refractivity contribution in [3.05, 3.63) is 76.5 Å². The van der Waals surface area contributed by atoms with Gasteiger partial charge in [-0.05, 0) is 36.8 Å². The molecule has 0 fully saturated rings. The van der Waals surface area contributed by atoms with E-state index in [4.69, 9.17) is 0 Å². The summed E-state index contributed by atoms with van der Waals surface area (Å²) in [5, 5.41) is 6.03. The van der Waals surface area contributed by atoms with Crippen LogP contribution < -0.4 is 5.32 Å². The lowest BCUT2D eigenvalue weighted by Gasteiger charge is -2.04. The molecule has 0 spiro atoms. The summed E-state index contributed by atoms with van der Waals surface area (Å²) in [7, 11) is 0. The minimum absolute atomic E-state index is 0.293. The van der Waals surface area contributed by atoms with Crippen molar-refractivity contribution in [1.29, 1.82) is 0 Å². The fraction of sp³-hybridized carbons (Fsp3) is 0.0500. The number of nitrogens with zero attached hydrogens (tertiary/aromatic N) is 2. The zero-order chi connectivity index (χ0) is 18.8. The number of rotatable bonds is 4. The third-order valence-electron chi connectivity index (χ3n) is 4.02. The monoisotopic (exact) mass is 395 g/mol. The van der Waals surface area contributed by atoms with Crippen molar-refractivity contribution in [2.45, 2.75) is 6.92 Å². The molecule has 0 aliphatic rings. The van der Waals surface area contributed by atoms with Gasteiger partial charge in [0.25, 0.3) is 5.91 Å². The lowest BCUT2D eigenvalue weighted by Crippen LogP contribution is -2.12. The number of anilines is 1. The first kappa shape index (κ1) is 17.5. The van der Waals surface area contributed by atoms with Crippen molar-refractivity contribution < 1.29 is 9.18 Å². The SMILES string of the molecule is Cc1ccccc1-c1nc(C(=O)Nc2scnc2-c2ccc(F)cc2)cs1. The Balaban J connectivity index is 1.57. The quantitative estimate of drug-likeness (QED) is 0.487. The number of carbonyl (C=O) groups excluding carboxylic acids is 1. The molecule has 1 N–H and O–H groups in total. The van der Waals surface area contributed by atoms with E-state index in [-0.39, 0.29) is 11.7 Å². The van der Waals surface area contributed by atoms with E-state index in [0.717, 1.165) is 21.7 Å².